The van der Waals surface area contributed by atoms with Gasteiger partial charge in [-0.25, -0.2) is 0 Å². The summed E-state index contributed by atoms with van der Waals surface area (Å²) in [4.78, 5) is 27.4. The highest BCUT2D eigenvalue weighted by Gasteiger charge is 2.22. The molecule has 1 N–H and O–H groups in total. The quantitative estimate of drug-likeness (QED) is 0.382. The number of para-hydroxylation sites is 2. The van der Waals surface area contributed by atoms with E-state index in [1.54, 1.807) is 10.6 Å². The van der Waals surface area contributed by atoms with Crippen molar-refractivity contribution in [3.63, 3.8) is 0 Å². The minimum atomic E-state index is -0.917. The number of fused-ring (bicyclic) bond motifs is 2. The highest BCUT2D eigenvalue weighted by Crippen LogP contribution is 2.29. The van der Waals surface area contributed by atoms with E-state index in [2.05, 4.69) is 29.2 Å². The number of hydrogen-bond acceptors (Lipinski definition) is 4. The van der Waals surface area contributed by atoms with Crippen molar-refractivity contribution in [2.75, 3.05) is 24.6 Å². The zero-order valence-electron chi connectivity index (χ0n) is 20.7. The Morgan fingerprint density at radius 1 is 1.00 bits per heavy atom. The summed E-state index contributed by atoms with van der Waals surface area (Å²) >= 11 is 0. The predicted molar refractivity (Wildman–Crippen MR) is 141 cm³/mol. The Morgan fingerprint density at radius 3 is 2.58 bits per heavy atom. The number of ether oxygens (including phenoxy) is 1. The molecule has 0 unspecified atom stereocenters. The zero-order valence-corrected chi connectivity index (χ0v) is 20.7. The van der Waals surface area contributed by atoms with Crippen LogP contribution in [-0.4, -0.2) is 41.2 Å². The van der Waals surface area contributed by atoms with Gasteiger partial charge in [0, 0.05) is 28.9 Å². The zero-order chi connectivity index (χ0) is 25.2. The van der Waals surface area contributed by atoms with Gasteiger partial charge in [0.1, 0.15) is 12.4 Å². The summed E-state index contributed by atoms with van der Waals surface area (Å²) < 4.78 is 7.69. The maximum absolute atomic E-state index is 13.6. The third-order valence-electron chi connectivity index (χ3n) is 7.04. The van der Waals surface area contributed by atoms with Crippen molar-refractivity contribution in [3.05, 3.63) is 94.7 Å². The molecule has 36 heavy (non-hydrogen) atoms. The van der Waals surface area contributed by atoms with Crippen molar-refractivity contribution in [2.45, 2.75) is 33.1 Å². The Balaban J connectivity index is 1.33. The molecule has 0 spiro atoms. The molecule has 0 radical (unpaired) electrons. The average Bonchev–Trinajstić information content (AvgIpc) is 3.14. The lowest BCUT2D eigenvalue weighted by molar-refractivity contribution is -0.136. The average molecular weight is 483 g/mol. The first kappa shape index (κ1) is 23.7. The molecule has 1 aromatic heterocycles. The maximum Gasteiger partial charge on any atom is 0.307 e. The number of aryl methyl sites for hydroxylation is 2. The Hall–Kier alpha value is -4.06. The van der Waals surface area contributed by atoms with Crippen molar-refractivity contribution in [2.24, 2.45) is 0 Å². The molecule has 0 saturated carbocycles. The van der Waals surface area contributed by atoms with Crippen LogP contribution in [0.5, 0.6) is 5.75 Å². The van der Waals surface area contributed by atoms with Crippen LogP contribution < -0.4 is 9.64 Å². The van der Waals surface area contributed by atoms with Crippen LogP contribution in [0.3, 0.4) is 0 Å². The first-order chi connectivity index (χ1) is 17.4. The monoisotopic (exact) mass is 482 g/mol. The molecule has 5 rings (SSSR count). The molecule has 6 nitrogen and oxygen atoms in total. The van der Waals surface area contributed by atoms with Crippen LogP contribution in [0, 0.1) is 13.8 Å². The fraction of sp³-hybridized carbons (Fsp3) is 0.267. The number of rotatable bonds is 7. The second-order valence-corrected chi connectivity index (χ2v) is 9.34. The van der Waals surface area contributed by atoms with Crippen LogP contribution in [-0.2, 0) is 17.6 Å². The van der Waals surface area contributed by atoms with Crippen molar-refractivity contribution in [3.8, 4) is 5.75 Å². The predicted octanol–water partition coefficient (Wildman–Crippen LogP) is 5.41. The van der Waals surface area contributed by atoms with E-state index in [0.29, 0.717) is 23.4 Å². The fourth-order valence-corrected chi connectivity index (χ4v) is 5.27. The molecule has 0 fully saturated rings. The van der Waals surface area contributed by atoms with Gasteiger partial charge in [-0.1, -0.05) is 36.4 Å². The van der Waals surface area contributed by atoms with Crippen molar-refractivity contribution in [1.29, 1.82) is 0 Å². The molecule has 0 atom stereocenters. The molecular weight excluding hydrogens is 452 g/mol. The van der Waals surface area contributed by atoms with Crippen molar-refractivity contribution < 1.29 is 19.4 Å². The lowest BCUT2D eigenvalue weighted by atomic mass is 10.0. The molecule has 0 aliphatic carbocycles. The Morgan fingerprint density at radius 2 is 1.78 bits per heavy atom. The van der Waals surface area contributed by atoms with Crippen LogP contribution in [0.15, 0.2) is 66.7 Å². The summed E-state index contributed by atoms with van der Waals surface area (Å²) in [5.74, 6) is -0.358. The van der Waals surface area contributed by atoms with E-state index >= 15 is 0 Å². The summed E-state index contributed by atoms with van der Waals surface area (Å²) in [6.07, 6.45) is 2.14. The normalized spacial score (nSPS) is 13.0. The highest BCUT2D eigenvalue weighted by atomic mass is 16.5. The standard InChI is InChI=1S/C30H30N2O4/c1-20-18-23(36-17-16-31-15-7-9-22-8-3-5-11-27(22)31)13-14-24(20)30(35)32-21(2)26(19-29(33)34)25-10-4-6-12-28(25)32/h3-6,8,10-14,18H,7,9,15-17,19H2,1-2H3,(H,33,34). The van der Waals surface area contributed by atoms with E-state index in [1.165, 1.54) is 11.3 Å². The first-order valence-electron chi connectivity index (χ1n) is 12.4. The SMILES string of the molecule is Cc1cc(OCCN2CCCc3ccccc32)ccc1C(=O)n1c(C)c(CC(=O)O)c2ccccc21. The van der Waals surface area contributed by atoms with E-state index in [-0.39, 0.29) is 12.3 Å². The van der Waals surface area contributed by atoms with Gasteiger partial charge in [-0.2, -0.15) is 0 Å². The van der Waals surface area contributed by atoms with Crippen LogP contribution >= 0.6 is 0 Å². The second-order valence-electron chi connectivity index (χ2n) is 9.34. The number of carbonyl (C=O) groups excluding carboxylic acids is 1. The molecule has 0 bridgehead atoms. The summed E-state index contributed by atoms with van der Waals surface area (Å²) in [6.45, 7) is 6.10. The lowest BCUT2D eigenvalue weighted by Gasteiger charge is -2.31. The summed E-state index contributed by atoms with van der Waals surface area (Å²) in [5, 5.41) is 10.2. The van der Waals surface area contributed by atoms with Gasteiger partial charge in [0.15, 0.2) is 0 Å². The van der Waals surface area contributed by atoms with Crippen molar-refractivity contribution in [1.82, 2.24) is 4.57 Å². The fourth-order valence-electron chi connectivity index (χ4n) is 5.27. The largest absolute Gasteiger partial charge is 0.492 e. The maximum atomic E-state index is 13.6. The number of nitrogens with zero attached hydrogens (tertiary/aromatic N) is 2. The Kier molecular flexibility index (Phi) is 6.51. The summed E-state index contributed by atoms with van der Waals surface area (Å²) in [6, 6.07) is 21.5. The van der Waals surface area contributed by atoms with E-state index < -0.39 is 5.97 Å². The number of carbonyl (C=O) groups is 2. The highest BCUT2D eigenvalue weighted by molar-refractivity contribution is 6.05. The third kappa shape index (κ3) is 4.47. The number of anilines is 1. The summed E-state index contributed by atoms with van der Waals surface area (Å²) in [7, 11) is 0. The minimum absolute atomic E-state index is 0.125. The topological polar surface area (TPSA) is 71.8 Å². The molecule has 0 amide bonds. The van der Waals surface area contributed by atoms with Crippen LogP contribution in [0.4, 0.5) is 5.69 Å². The van der Waals surface area contributed by atoms with Crippen LogP contribution in [0.2, 0.25) is 0 Å². The third-order valence-corrected chi connectivity index (χ3v) is 7.04. The van der Waals surface area contributed by atoms with Crippen molar-refractivity contribution >= 4 is 28.5 Å². The molecule has 2 heterocycles. The second kappa shape index (κ2) is 9.90. The Bertz CT molecular complexity index is 1450. The number of aromatic nitrogens is 1. The molecule has 4 aromatic rings. The van der Waals surface area contributed by atoms with E-state index in [4.69, 9.17) is 4.74 Å². The number of benzene rings is 3. The molecule has 3 aromatic carbocycles. The molecule has 0 saturated heterocycles. The van der Waals surface area contributed by atoms with E-state index in [0.717, 1.165) is 48.1 Å². The lowest BCUT2D eigenvalue weighted by Crippen LogP contribution is -2.33. The van der Waals surface area contributed by atoms with Crippen LogP contribution in [0.25, 0.3) is 10.9 Å². The molecule has 1 aliphatic rings. The molecule has 184 valence electrons. The number of carboxylic acid groups (broad SMARTS) is 1. The van der Waals surface area contributed by atoms with Crippen LogP contribution in [0.1, 0.15) is 39.2 Å². The van der Waals surface area contributed by atoms with E-state index in [1.807, 2.05) is 50.2 Å². The van der Waals surface area contributed by atoms with Gasteiger partial charge in [-0.3, -0.25) is 14.2 Å². The van der Waals surface area contributed by atoms with Gasteiger partial charge in [-0.15, -0.1) is 0 Å². The van der Waals surface area contributed by atoms with Gasteiger partial charge in [0.2, 0.25) is 0 Å². The number of aliphatic carboxylic acids is 1. The first-order valence-corrected chi connectivity index (χ1v) is 12.4. The van der Waals surface area contributed by atoms with E-state index in [9.17, 15) is 14.7 Å². The molecular formula is C30H30N2O4. The summed E-state index contributed by atoms with van der Waals surface area (Å²) in [5.41, 5.74) is 6.12. The van der Waals surface area contributed by atoms with Gasteiger partial charge in [0.25, 0.3) is 5.91 Å². The minimum Gasteiger partial charge on any atom is -0.492 e. The smallest absolute Gasteiger partial charge is 0.307 e. The number of hydrogen-bond donors (Lipinski definition) is 1. The van der Waals surface area contributed by atoms with Gasteiger partial charge in [-0.05, 0) is 73.7 Å². The number of carboxylic acids is 1. The molecule has 1 aliphatic heterocycles. The molecule has 6 heteroatoms. The Labute approximate surface area is 210 Å². The van der Waals surface area contributed by atoms with Gasteiger partial charge in [0.05, 0.1) is 18.5 Å². The van der Waals surface area contributed by atoms with Gasteiger partial charge >= 0.3 is 5.97 Å². The van der Waals surface area contributed by atoms with Gasteiger partial charge < -0.3 is 14.7 Å².